The number of rotatable bonds is 10. The molecular formula is C26H42N8. The fraction of sp³-hybridized carbons (Fsp3) is 0.308. The maximum Gasteiger partial charge on any atom is 0.116 e. The largest absolute Gasteiger partial charge is 0.329 e. The summed E-state index contributed by atoms with van der Waals surface area (Å²) in [7, 11) is 0. The van der Waals surface area contributed by atoms with Crippen molar-refractivity contribution in [1.82, 2.24) is 10.6 Å². The van der Waals surface area contributed by atoms with Gasteiger partial charge in [0.05, 0.1) is 6.17 Å². The van der Waals surface area contributed by atoms with Crippen LogP contribution in [0, 0.1) is 0 Å². The van der Waals surface area contributed by atoms with E-state index in [-0.39, 0.29) is 6.17 Å². The first-order valence-corrected chi connectivity index (χ1v) is 11.5. The summed E-state index contributed by atoms with van der Waals surface area (Å²) < 4.78 is 0. The Morgan fingerprint density at radius 2 is 0.912 bits per heavy atom. The molecule has 0 heterocycles. The summed E-state index contributed by atoms with van der Waals surface area (Å²) in [6.45, 7) is 5.14. The molecule has 0 atom stereocenters. The fourth-order valence-corrected chi connectivity index (χ4v) is 2.90. The molecule has 0 unspecified atom stereocenters. The quantitative estimate of drug-likeness (QED) is 0.157. The standard InChI is InChI=1S/C13H14N2.C7H10N2.C6H18N4/c14-13(15,11-7-3-1-4-8-11)12-9-5-2-6-10-12;8-7(9)6-4-2-1-3-5-6;7-1-3-9-5-6-10-4-2-8/h1-10H,14-15H2;1-5,7H,8-9H2;9-10H,1-8H2. The van der Waals surface area contributed by atoms with E-state index in [4.69, 9.17) is 34.4 Å². The molecule has 3 aromatic rings. The van der Waals surface area contributed by atoms with Crippen molar-refractivity contribution in [2.24, 2.45) is 34.4 Å². The molecule has 0 radical (unpaired) electrons. The average molecular weight is 467 g/mol. The fourth-order valence-electron chi connectivity index (χ4n) is 2.90. The van der Waals surface area contributed by atoms with Crippen LogP contribution in [0.2, 0.25) is 0 Å². The zero-order chi connectivity index (χ0) is 25.1. The number of benzene rings is 3. The highest BCUT2D eigenvalue weighted by Crippen LogP contribution is 2.20. The summed E-state index contributed by atoms with van der Waals surface area (Å²) >= 11 is 0. The van der Waals surface area contributed by atoms with Crippen LogP contribution in [0.5, 0.6) is 0 Å². The molecule has 0 spiro atoms. The van der Waals surface area contributed by atoms with E-state index in [1.165, 1.54) is 0 Å². The molecule has 14 N–H and O–H groups in total. The van der Waals surface area contributed by atoms with Gasteiger partial charge in [0.25, 0.3) is 0 Å². The van der Waals surface area contributed by atoms with E-state index < -0.39 is 5.66 Å². The predicted octanol–water partition coefficient (Wildman–Crippen LogP) is 0.491. The third kappa shape index (κ3) is 12.0. The highest BCUT2D eigenvalue weighted by atomic mass is 15.0. The van der Waals surface area contributed by atoms with E-state index in [9.17, 15) is 0 Å². The van der Waals surface area contributed by atoms with Gasteiger partial charge in [0.2, 0.25) is 0 Å². The summed E-state index contributed by atoms with van der Waals surface area (Å²) in [5.74, 6) is 0. The lowest BCUT2D eigenvalue weighted by molar-refractivity contribution is 0.567. The predicted molar refractivity (Wildman–Crippen MR) is 143 cm³/mol. The van der Waals surface area contributed by atoms with E-state index in [0.717, 1.165) is 42.9 Å². The first-order chi connectivity index (χ1) is 16.4. The molecule has 3 aromatic carbocycles. The van der Waals surface area contributed by atoms with Gasteiger partial charge >= 0.3 is 0 Å². The molecule has 34 heavy (non-hydrogen) atoms. The Balaban J connectivity index is 0.000000268. The molecular weight excluding hydrogens is 424 g/mol. The Labute approximate surface area is 204 Å². The molecule has 3 rings (SSSR count). The Hall–Kier alpha value is -2.66. The molecule has 0 bridgehead atoms. The van der Waals surface area contributed by atoms with E-state index >= 15 is 0 Å². The van der Waals surface area contributed by atoms with Gasteiger partial charge in [-0.2, -0.15) is 0 Å². The summed E-state index contributed by atoms with van der Waals surface area (Å²) in [4.78, 5) is 0. The van der Waals surface area contributed by atoms with Crippen LogP contribution in [0.3, 0.4) is 0 Å². The Morgan fingerprint density at radius 3 is 1.21 bits per heavy atom. The minimum absolute atomic E-state index is 0.341. The average Bonchev–Trinajstić information content (AvgIpc) is 2.88. The lowest BCUT2D eigenvalue weighted by Crippen LogP contribution is -2.46. The van der Waals surface area contributed by atoms with Crippen molar-refractivity contribution >= 4 is 0 Å². The molecule has 186 valence electrons. The molecule has 0 fully saturated rings. The van der Waals surface area contributed by atoms with Crippen LogP contribution in [0.1, 0.15) is 22.9 Å². The van der Waals surface area contributed by atoms with Gasteiger partial charge in [-0.3, -0.25) is 0 Å². The minimum Gasteiger partial charge on any atom is -0.329 e. The van der Waals surface area contributed by atoms with Crippen LogP contribution >= 0.6 is 0 Å². The van der Waals surface area contributed by atoms with Crippen LogP contribution in [0.4, 0.5) is 0 Å². The third-order valence-electron chi connectivity index (χ3n) is 4.81. The van der Waals surface area contributed by atoms with Crippen LogP contribution < -0.4 is 45.0 Å². The Morgan fingerprint density at radius 1 is 0.559 bits per heavy atom. The summed E-state index contributed by atoms with van der Waals surface area (Å²) in [6, 6.07) is 29.0. The first-order valence-electron chi connectivity index (χ1n) is 11.5. The molecule has 0 aliphatic carbocycles. The zero-order valence-electron chi connectivity index (χ0n) is 19.9. The van der Waals surface area contributed by atoms with Crippen molar-refractivity contribution in [2.75, 3.05) is 39.3 Å². The van der Waals surface area contributed by atoms with Crippen molar-refractivity contribution in [3.05, 3.63) is 108 Å². The van der Waals surface area contributed by atoms with Crippen LogP contribution in [-0.2, 0) is 5.66 Å². The summed E-state index contributed by atoms with van der Waals surface area (Å²) in [5, 5.41) is 6.33. The summed E-state index contributed by atoms with van der Waals surface area (Å²) in [6.07, 6.45) is -0.341. The zero-order valence-corrected chi connectivity index (χ0v) is 19.9. The smallest absolute Gasteiger partial charge is 0.116 e. The molecule has 0 amide bonds. The van der Waals surface area contributed by atoms with E-state index in [2.05, 4.69) is 10.6 Å². The second kappa shape index (κ2) is 17.8. The monoisotopic (exact) mass is 466 g/mol. The number of nitrogens with two attached hydrogens (primary N) is 6. The molecule has 8 nitrogen and oxygen atoms in total. The second-order valence-electron chi connectivity index (χ2n) is 7.61. The van der Waals surface area contributed by atoms with E-state index in [1.807, 2.05) is 91.0 Å². The molecule has 8 heteroatoms. The van der Waals surface area contributed by atoms with Crippen molar-refractivity contribution in [3.63, 3.8) is 0 Å². The van der Waals surface area contributed by atoms with Crippen molar-refractivity contribution < 1.29 is 0 Å². The molecule has 0 saturated heterocycles. The van der Waals surface area contributed by atoms with Crippen molar-refractivity contribution in [1.29, 1.82) is 0 Å². The van der Waals surface area contributed by atoms with Crippen LogP contribution in [0.25, 0.3) is 0 Å². The first kappa shape index (κ1) is 29.4. The number of hydrogen-bond acceptors (Lipinski definition) is 8. The molecule has 0 aromatic heterocycles. The van der Waals surface area contributed by atoms with Gasteiger partial charge in [-0.15, -0.1) is 0 Å². The Bertz CT molecular complexity index is 793. The van der Waals surface area contributed by atoms with E-state index in [0.29, 0.717) is 13.1 Å². The van der Waals surface area contributed by atoms with Gasteiger partial charge in [-0.1, -0.05) is 91.0 Å². The topological polar surface area (TPSA) is 180 Å². The van der Waals surface area contributed by atoms with Gasteiger partial charge in [0.1, 0.15) is 5.66 Å². The lowest BCUT2D eigenvalue weighted by Gasteiger charge is -2.25. The molecule has 0 aliphatic rings. The maximum atomic E-state index is 6.14. The SMILES string of the molecule is NC(N)(c1ccccc1)c1ccccc1.NC(N)c1ccccc1.NCCNCCNCCN. The van der Waals surface area contributed by atoms with Crippen LogP contribution in [-0.4, -0.2) is 39.3 Å². The van der Waals surface area contributed by atoms with Crippen molar-refractivity contribution in [2.45, 2.75) is 11.8 Å². The number of nitrogens with one attached hydrogen (secondary N) is 2. The van der Waals surface area contributed by atoms with Gasteiger partial charge in [0, 0.05) is 39.3 Å². The van der Waals surface area contributed by atoms with Crippen molar-refractivity contribution in [3.8, 4) is 0 Å². The van der Waals surface area contributed by atoms with E-state index in [1.54, 1.807) is 0 Å². The molecule has 0 saturated carbocycles. The van der Waals surface area contributed by atoms with Gasteiger partial charge < -0.3 is 45.0 Å². The second-order valence-corrected chi connectivity index (χ2v) is 7.61. The van der Waals surface area contributed by atoms with Crippen LogP contribution in [0.15, 0.2) is 91.0 Å². The minimum atomic E-state index is -0.914. The van der Waals surface area contributed by atoms with Gasteiger partial charge in [-0.25, -0.2) is 0 Å². The third-order valence-corrected chi connectivity index (χ3v) is 4.81. The van der Waals surface area contributed by atoms with Gasteiger partial charge in [0.15, 0.2) is 0 Å². The highest BCUT2D eigenvalue weighted by molar-refractivity contribution is 5.35. The lowest BCUT2D eigenvalue weighted by atomic mass is 9.93. The maximum absolute atomic E-state index is 6.14. The summed E-state index contributed by atoms with van der Waals surface area (Å²) in [5.41, 5.74) is 35.5. The Kier molecular flexibility index (Phi) is 15.3. The normalized spacial score (nSPS) is 10.7. The molecule has 0 aliphatic heterocycles. The highest BCUT2D eigenvalue weighted by Gasteiger charge is 2.23. The number of hydrogen-bond donors (Lipinski definition) is 8. The van der Waals surface area contributed by atoms with Gasteiger partial charge in [-0.05, 0) is 16.7 Å².